The Morgan fingerprint density at radius 3 is 2.48 bits per heavy atom. The molecule has 1 aromatic heterocycles. The molecule has 1 amide bonds. The molecule has 0 fully saturated rings. The van der Waals surface area contributed by atoms with Crippen molar-refractivity contribution in [1.82, 2.24) is 15.0 Å². The van der Waals surface area contributed by atoms with Crippen molar-refractivity contribution in [3.8, 4) is 11.4 Å². The minimum absolute atomic E-state index is 0.0344. The third-order valence-electron chi connectivity index (χ3n) is 4.75. The van der Waals surface area contributed by atoms with Crippen LogP contribution in [-0.2, 0) is 6.42 Å². The highest BCUT2D eigenvalue weighted by Crippen LogP contribution is 2.17. The Kier molecular flexibility index (Phi) is 6.01. The Balaban J connectivity index is 1.71. The van der Waals surface area contributed by atoms with Crippen molar-refractivity contribution >= 4 is 5.91 Å². The maximum atomic E-state index is 13.0. The van der Waals surface area contributed by atoms with Gasteiger partial charge in [-0.2, -0.15) is 4.98 Å². The summed E-state index contributed by atoms with van der Waals surface area (Å²) < 4.78 is 5.38. The number of aryl methyl sites for hydroxylation is 1. The molecule has 0 saturated carbocycles. The first-order valence-electron chi connectivity index (χ1n) is 9.34. The van der Waals surface area contributed by atoms with Crippen molar-refractivity contribution in [2.24, 2.45) is 0 Å². The van der Waals surface area contributed by atoms with E-state index in [0.29, 0.717) is 30.2 Å². The standard InChI is InChI=1S/C22H25N3O2/c1-4-17(3)25(22(26)19-12-10-16(2)11-13-19)15-14-20-23-21(24-27-20)18-8-6-5-7-9-18/h5-13,17H,4,14-15H2,1-3H3. The molecule has 0 saturated heterocycles. The van der Waals surface area contributed by atoms with Crippen molar-refractivity contribution in [2.45, 2.75) is 39.7 Å². The van der Waals surface area contributed by atoms with Crippen molar-refractivity contribution < 1.29 is 9.32 Å². The molecule has 2 aromatic carbocycles. The second-order valence-electron chi connectivity index (χ2n) is 6.75. The predicted molar refractivity (Wildman–Crippen MR) is 105 cm³/mol. The lowest BCUT2D eigenvalue weighted by Crippen LogP contribution is -2.39. The quantitative estimate of drug-likeness (QED) is 0.619. The van der Waals surface area contributed by atoms with Gasteiger partial charge in [-0.15, -0.1) is 0 Å². The lowest BCUT2D eigenvalue weighted by atomic mass is 10.1. The smallest absolute Gasteiger partial charge is 0.254 e. The molecule has 140 valence electrons. The number of carbonyl (C=O) groups excluding carboxylic acids is 1. The van der Waals surface area contributed by atoms with Crippen molar-refractivity contribution in [1.29, 1.82) is 0 Å². The van der Waals surface area contributed by atoms with Crippen LogP contribution in [0.3, 0.4) is 0 Å². The number of nitrogens with zero attached hydrogens (tertiary/aromatic N) is 3. The lowest BCUT2D eigenvalue weighted by Gasteiger charge is -2.28. The van der Waals surface area contributed by atoms with Crippen LogP contribution in [0.4, 0.5) is 0 Å². The average molecular weight is 363 g/mol. The van der Waals surface area contributed by atoms with Crippen LogP contribution in [0.2, 0.25) is 0 Å². The minimum Gasteiger partial charge on any atom is -0.339 e. The van der Waals surface area contributed by atoms with Crippen LogP contribution in [-0.4, -0.2) is 33.5 Å². The number of rotatable bonds is 7. The summed E-state index contributed by atoms with van der Waals surface area (Å²) in [5.41, 5.74) is 2.76. The summed E-state index contributed by atoms with van der Waals surface area (Å²) >= 11 is 0. The van der Waals surface area contributed by atoms with E-state index >= 15 is 0 Å². The summed E-state index contributed by atoms with van der Waals surface area (Å²) in [4.78, 5) is 19.3. The van der Waals surface area contributed by atoms with E-state index in [1.165, 1.54) is 0 Å². The number of hydrogen-bond acceptors (Lipinski definition) is 4. The summed E-state index contributed by atoms with van der Waals surface area (Å²) in [7, 11) is 0. The summed E-state index contributed by atoms with van der Waals surface area (Å²) in [6, 6.07) is 17.5. The molecule has 0 aliphatic rings. The van der Waals surface area contributed by atoms with E-state index in [1.807, 2.05) is 66.4 Å². The van der Waals surface area contributed by atoms with E-state index in [1.54, 1.807) is 0 Å². The molecule has 1 unspecified atom stereocenters. The number of benzene rings is 2. The van der Waals surface area contributed by atoms with Gasteiger partial charge in [0, 0.05) is 30.1 Å². The fourth-order valence-electron chi connectivity index (χ4n) is 2.88. The van der Waals surface area contributed by atoms with Crippen LogP contribution < -0.4 is 0 Å². The molecule has 3 rings (SSSR count). The van der Waals surface area contributed by atoms with Gasteiger partial charge in [-0.1, -0.05) is 60.1 Å². The topological polar surface area (TPSA) is 59.2 Å². The Morgan fingerprint density at radius 1 is 1.11 bits per heavy atom. The van der Waals surface area contributed by atoms with Gasteiger partial charge in [0.05, 0.1) is 0 Å². The van der Waals surface area contributed by atoms with E-state index in [2.05, 4.69) is 24.0 Å². The summed E-state index contributed by atoms with van der Waals surface area (Å²) in [5.74, 6) is 1.15. The third kappa shape index (κ3) is 4.61. The highest BCUT2D eigenvalue weighted by Gasteiger charge is 2.21. The van der Waals surface area contributed by atoms with E-state index in [0.717, 1.165) is 17.5 Å². The van der Waals surface area contributed by atoms with Crippen LogP contribution in [0.15, 0.2) is 59.1 Å². The summed E-state index contributed by atoms with van der Waals surface area (Å²) in [6.07, 6.45) is 1.42. The number of amides is 1. The van der Waals surface area contributed by atoms with Crippen LogP contribution >= 0.6 is 0 Å². The summed E-state index contributed by atoms with van der Waals surface area (Å²) in [6.45, 7) is 6.70. The van der Waals surface area contributed by atoms with E-state index in [4.69, 9.17) is 4.52 Å². The van der Waals surface area contributed by atoms with Gasteiger partial charge in [0.2, 0.25) is 11.7 Å². The third-order valence-corrected chi connectivity index (χ3v) is 4.75. The average Bonchev–Trinajstić information content (AvgIpc) is 3.18. The number of aromatic nitrogens is 2. The fourth-order valence-corrected chi connectivity index (χ4v) is 2.88. The molecule has 0 aliphatic heterocycles. The Morgan fingerprint density at radius 2 is 1.81 bits per heavy atom. The SMILES string of the molecule is CCC(C)N(CCc1nc(-c2ccccc2)no1)C(=O)c1ccc(C)cc1. The zero-order chi connectivity index (χ0) is 19.2. The van der Waals surface area contributed by atoms with E-state index < -0.39 is 0 Å². The van der Waals surface area contributed by atoms with Crippen LogP contribution in [0.25, 0.3) is 11.4 Å². The molecule has 5 heteroatoms. The molecule has 5 nitrogen and oxygen atoms in total. The van der Waals surface area contributed by atoms with Crippen LogP contribution in [0, 0.1) is 6.92 Å². The molecule has 0 aliphatic carbocycles. The molecular weight excluding hydrogens is 338 g/mol. The molecule has 0 spiro atoms. The molecule has 0 N–H and O–H groups in total. The second kappa shape index (κ2) is 8.62. The normalized spacial score (nSPS) is 12.0. The first-order valence-corrected chi connectivity index (χ1v) is 9.34. The van der Waals surface area contributed by atoms with Gasteiger partial charge >= 0.3 is 0 Å². The monoisotopic (exact) mass is 363 g/mol. The van der Waals surface area contributed by atoms with Crippen LogP contribution in [0.1, 0.15) is 42.1 Å². The van der Waals surface area contributed by atoms with Crippen LogP contribution in [0.5, 0.6) is 0 Å². The highest BCUT2D eigenvalue weighted by atomic mass is 16.5. The zero-order valence-corrected chi connectivity index (χ0v) is 16.1. The zero-order valence-electron chi connectivity index (χ0n) is 16.1. The maximum absolute atomic E-state index is 13.0. The van der Waals surface area contributed by atoms with Gasteiger partial charge in [0.1, 0.15) is 0 Å². The van der Waals surface area contributed by atoms with Gasteiger partial charge < -0.3 is 9.42 Å². The molecule has 0 bridgehead atoms. The molecular formula is C22H25N3O2. The van der Waals surface area contributed by atoms with Gasteiger partial charge in [-0.25, -0.2) is 0 Å². The maximum Gasteiger partial charge on any atom is 0.254 e. The Hall–Kier alpha value is -2.95. The largest absolute Gasteiger partial charge is 0.339 e. The predicted octanol–water partition coefficient (Wildman–Crippen LogP) is 4.53. The van der Waals surface area contributed by atoms with Crippen molar-refractivity contribution in [3.05, 3.63) is 71.6 Å². The van der Waals surface area contributed by atoms with Crippen molar-refractivity contribution in [2.75, 3.05) is 6.54 Å². The molecule has 0 radical (unpaired) electrons. The van der Waals surface area contributed by atoms with Gasteiger partial charge in [-0.3, -0.25) is 4.79 Å². The summed E-state index contributed by atoms with van der Waals surface area (Å²) in [5, 5.41) is 4.05. The second-order valence-corrected chi connectivity index (χ2v) is 6.75. The van der Waals surface area contributed by atoms with Gasteiger partial charge in [0.25, 0.3) is 5.91 Å². The minimum atomic E-state index is 0.0344. The first kappa shape index (κ1) is 18.8. The van der Waals surface area contributed by atoms with Gasteiger partial charge in [0.15, 0.2) is 0 Å². The van der Waals surface area contributed by atoms with E-state index in [-0.39, 0.29) is 11.9 Å². The molecule has 27 heavy (non-hydrogen) atoms. The molecule has 1 atom stereocenters. The molecule has 1 heterocycles. The van der Waals surface area contributed by atoms with E-state index in [9.17, 15) is 4.79 Å². The fraction of sp³-hybridized carbons (Fsp3) is 0.318. The first-order chi connectivity index (χ1) is 13.1. The Labute approximate surface area is 160 Å². The van der Waals surface area contributed by atoms with Gasteiger partial charge in [-0.05, 0) is 32.4 Å². The number of hydrogen-bond donors (Lipinski definition) is 0. The molecule has 3 aromatic rings. The highest BCUT2D eigenvalue weighted by molar-refractivity contribution is 5.94. The Bertz CT molecular complexity index is 872. The lowest BCUT2D eigenvalue weighted by molar-refractivity contribution is 0.0686. The number of carbonyl (C=O) groups is 1. The van der Waals surface area contributed by atoms with Crippen molar-refractivity contribution in [3.63, 3.8) is 0 Å².